The van der Waals surface area contributed by atoms with Gasteiger partial charge in [-0.25, -0.2) is 0 Å². The highest BCUT2D eigenvalue weighted by molar-refractivity contribution is 7.99. The number of halogens is 1. The Bertz CT molecular complexity index is 677. The number of para-hydroxylation sites is 2. The van der Waals surface area contributed by atoms with Gasteiger partial charge in [0.1, 0.15) is 5.69 Å². The molecule has 0 aromatic heterocycles. The van der Waals surface area contributed by atoms with Gasteiger partial charge in [-0.05, 0) is 30.3 Å². The van der Waals surface area contributed by atoms with Crippen molar-refractivity contribution >= 4 is 40.6 Å². The molecular weight excluding hydrogens is 324 g/mol. The summed E-state index contributed by atoms with van der Waals surface area (Å²) in [6.45, 7) is 0. The smallest absolute Gasteiger partial charge is 0.292 e. The molecule has 0 aliphatic heterocycles. The normalized spacial score (nSPS) is 10.2. The molecule has 22 heavy (non-hydrogen) atoms. The average Bonchev–Trinajstić information content (AvgIpc) is 2.49. The van der Waals surface area contributed by atoms with E-state index in [1.807, 2.05) is 12.1 Å². The minimum absolute atomic E-state index is 0.110. The summed E-state index contributed by atoms with van der Waals surface area (Å²) in [4.78, 5) is 23.2. The van der Waals surface area contributed by atoms with Crippen LogP contribution in [0.1, 0.15) is 6.42 Å². The molecule has 0 spiro atoms. The number of carbonyl (C=O) groups is 1. The Labute approximate surface area is 136 Å². The van der Waals surface area contributed by atoms with E-state index in [9.17, 15) is 14.9 Å². The van der Waals surface area contributed by atoms with E-state index in [2.05, 4.69) is 5.32 Å². The number of nitrogens with zero attached hydrogens (tertiary/aromatic N) is 1. The van der Waals surface area contributed by atoms with Crippen LogP contribution in [-0.2, 0) is 4.79 Å². The zero-order chi connectivity index (χ0) is 15.9. The summed E-state index contributed by atoms with van der Waals surface area (Å²) in [6, 6.07) is 13.4. The molecule has 0 unspecified atom stereocenters. The lowest BCUT2D eigenvalue weighted by atomic mass is 10.2. The highest BCUT2D eigenvalue weighted by Gasteiger charge is 2.14. The fraction of sp³-hybridized carbons (Fsp3) is 0.133. The van der Waals surface area contributed by atoms with Gasteiger partial charge in [-0.1, -0.05) is 23.7 Å². The Morgan fingerprint density at radius 1 is 1.18 bits per heavy atom. The minimum atomic E-state index is -0.516. The lowest BCUT2D eigenvalue weighted by molar-refractivity contribution is -0.383. The van der Waals surface area contributed by atoms with Crippen molar-refractivity contribution in [2.24, 2.45) is 0 Å². The Balaban J connectivity index is 1.86. The van der Waals surface area contributed by atoms with Crippen LogP contribution in [0.4, 0.5) is 11.4 Å². The van der Waals surface area contributed by atoms with Crippen molar-refractivity contribution in [2.75, 3.05) is 11.1 Å². The van der Waals surface area contributed by atoms with Crippen LogP contribution in [-0.4, -0.2) is 16.6 Å². The molecule has 0 radical (unpaired) electrons. The van der Waals surface area contributed by atoms with Crippen LogP contribution in [0, 0.1) is 10.1 Å². The second kappa shape index (κ2) is 7.82. The molecule has 5 nitrogen and oxygen atoms in total. The Morgan fingerprint density at radius 2 is 1.86 bits per heavy atom. The van der Waals surface area contributed by atoms with Crippen molar-refractivity contribution in [2.45, 2.75) is 11.3 Å². The largest absolute Gasteiger partial charge is 0.320 e. The van der Waals surface area contributed by atoms with E-state index < -0.39 is 4.92 Å². The lowest BCUT2D eigenvalue weighted by Gasteiger charge is -2.06. The molecule has 0 saturated heterocycles. The molecule has 0 bridgehead atoms. The van der Waals surface area contributed by atoms with Gasteiger partial charge in [0.25, 0.3) is 5.69 Å². The molecule has 1 N–H and O–H groups in total. The van der Waals surface area contributed by atoms with Crippen LogP contribution in [0.25, 0.3) is 0 Å². The number of thioether (sulfide) groups is 1. The molecule has 2 rings (SSSR count). The number of nitro benzene ring substituents is 1. The molecule has 2 aromatic carbocycles. The van der Waals surface area contributed by atoms with Crippen molar-refractivity contribution in [3.05, 3.63) is 63.7 Å². The zero-order valence-corrected chi connectivity index (χ0v) is 13.1. The maximum atomic E-state index is 11.9. The molecule has 0 aliphatic carbocycles. The highest BCUT2D eigenvalue weighted by atomic mass is 35.5. The van der Waals surface area contributed by atoms with Gasteiger partial charge < -0.3 is 5.32 Å². The Morgan fingerprint density at radius 3 is 2.55 bits per heavy atom. The maximum Gasteiger partial charge on any atom is 0.292 e. The second-order valence-corrected chi connectivity index (χ2v) is 5.98. The second-order valence-electron chi connectivity index (χ2n) is 4.37. The van der Waals surface area contributed by atoms with Crippen molar-refractivity contribution < 1.29 is 9.72 Å². The van der Waals surface area contributed by atoms with E-state index in [-0.39, 0.29) is 23.7 Å². The van der Waals surface area contributed by atoms with Crippen molar-refractivity contribution in [1.82, 2.24) is 0 Å². The third kappa shape index (κ3) is 4.75. The molecule has 2 aromatic rings. The van der Waals surface area contributed by atoms with Crippen molar-refractivity contribution in [3.8, 4) is 0 Å². The van der Waals surface area contributed by atoms with Crippen LogP contribution in [0.5, 0.6) is 0 Å². The van der Waals surface area contributed by atoms with Crippen LogP contribution in [0.2, 0.25) is 5.02 Å². The van der Waals surface area contributed by atoms with E-state index in [0.29, 0.717) is 10.8 Å². The molecule has 0 atom stereocenters. The first-order valence-corrected chi connectivity index (χ1v) is 7.84. The number of rotatable bonds is 6. The number of carbonyl (C=O) groups excluding carboxylic acids is 1. The number of amides is 1. The van der Waals surface area contributed by atoms with Crippen LogP contribution < -0.4 is 5.32 Å². The molecular formula is C15H13ClN2O3S. The van der Waals surface area contributed by atoms with Gasteiger partial charge in [0.2, 0.25) is 5.91 Å². The maximum absolute atomic E-state index is 11.9. The first-order valence-electron chi connectivity index (χ1n) is 6.48. The third-order valence-corrected chi connectivity index (χ3v) is 4.05. The minimum Gasteiger partial charge on any atom is -0.320 e. The summed E-state index contributed by atoms with van der Waals surface area (Å²) in [7, 11) is 0. The zero-order valence-electron chi connectivity index (χ0n) is 11.5. The summed E-state index contributed by atoms with van der Waals surface area (Å²) >= 11 is 7.32. The summed E-state index contributed by atoms with van der Waals surface area (Å²) < 4.78 is 0. The van der Waals surface area contributed by atoms with Gasteiger partial charge in [0.15, 0.2) is 0 Å². The van der Waals surface area contributed by atoms with Gasteiger partial charge in [-0.15, -0.1) is 11.8 Å². The molecule has 7 heteroatoms. The number of nitrogens with one attached hydrogen (secondary N) is 1. The molecule has 0 saturated carbocycles. The fourth-order valence-corrected chi connectivity index (χ4v) is 2.72. The summed E-state index contributed by atoms with van der Waals surface area (Å²) in [5.41, 5.74) is 0.107. The Hall–Kier alpha value is -2.05. The van der Waals surface area contributed by atoms with E-state index in [1.54, 1.807) is 24.3 Å². The van der Waals surface area contributed by atoms with Gasteiger partial charge in [0.05, 0.1) is 4.92 Å². The van der Waals surface area contributed by atoms with Gasteiger partial charge in [-0.2, -0.15) is 0 Å². The molecule has 114 valence electrons. The molecule has 0 aliphatic rings. The standard InChI is InChI=1S/C15H13ClN2O3S/c16-11-5-7-12(8-6-11)22-10-9-15(19)17-13-3-1-2-4-14(13)18(20)21/h1-8H,9-10H2,(H,17,19). The van der Waals surface area contributed by atoms with Crippen LogP contribution >= 0.6 is 23.4 Å². The predicted molar refractivity (Wildman–Crippen MR) is 88.5 cm³/mol. The monoisotopic (exact) mass is 336 g/mol. The quantitative estimate of drug-likeness (QED) is 0.483. The third-order valence-electron chi connectivity index (χ3n) is 2.79. The van der Waals surface area contributed by atoms with E-state index >= 15 is 0 Å². The van der Waals surface area contributed by atoms with E-state index in [4.69, 9.17) is 11.6 Å². The average molecular weight is 337 g/mol. The highest BCUT2D eigenvalue weighted by Crippen LogP contribution is 2.24. The van der Waals surface area contributed by atoms with Gasteiger partial charge in [-0.3, -0.25) is 14.9 Å². The first-order chi connectivity index (χ1) is 10.6. The summed E-state index contributed by atoms with van der Waals surface area (Å²) in [6.07, 6.45) is 0.263. The predicted octanol–water partition coefficient (Wildman–Crippen LogP) is 4.37. The molecule has 0 heterocycles. The summed E-state index contributed by atoms with van der Waals surface area (Å²) in [5.74, 6) is 0.324. The van der Waals surface area contributed by atoms with Gasteiger partial charge in [0, 0.05) is 28.2 Å². The van der Waals surface area contributed by atoms with Crippen LogP contribution in [0.3, 0.4) is 0 Å². The first kappa shape index (κ1) is 16.3. The van der Waals surface area contributed by atoms with E-state index in [0.717, 1.165) is 4.90 Å². The number of benzene rings is 2. The van der Waals surface area contributed by atoms with E-state index in [1.165, 1.54) is 23.9 Å². The number of nitro groups is 1. The lowest BCUT2D eigenvalue weighted by Crippen LogP contribution is -2.13. The van der Waals surface area contributed by atoms with Crippen molar-refractivity contribution in [1.29, 1.82) is 0 Å². The summed E-state index contributed by atoms with van der Waals surface area (Å²) in [5, 5.41) is 14.1. The number of anilines is 1. The Kier molecular flexibility index (Phi) is 5.80. The SMILES string of the molecule is O=C(CCSc1ccc(Cl)cc1)Nc1ccccc1[N+](=O)[O-]. The topological polar surface area (TPSA) is 72.2 Å². The number of hydrogen-bond acceptors (Lipinski definition) is 4. The number of hydrogen-bond donors (Lipinski definition) is 1. The fourth-order valence-electron chi connectivity index (χ4n) is 1.74. The molecule has 0 fully saturated rings. The van der Waals surface area contributed by atoms with Crippen molar-refractivity contribution in [3.63, 3.8) is 0 Å². The van der Waals surface area contributed by atoms with Gasteiger partial charge >= 0.3 is 0 Å². The molecule has 1 amide bonds. The van der Waals surface area contributed by atoms with Crippen LogP contribution in [0.15, 0.2) is 53.4 Å².